The van der Waals surface area contributed by atoms with Gasteiger partial charge in [0.2, 0.25) is 5.91 Å². The molecule has 0 rings (SSSR count). The molecule has 1 amide bonds. The molecular weight excluding hydrogens is 186 g/mol. The summed E-state index contributed by atoms with van der Waals surface area (Å²) in [5.41, 5.74) is 0. The number of amides is 1. The molecule has 0 aromatic heterocycles. The fraction of sp³-hybridized carbons (Fsp3) is 0.889. The third-order valence-corrected chi connectivity index (χ3v) is 2.95. The third-order valence-electron chi connectivity index (χ3n) is 1.61. The molecule has 0 bridgehead atoms. The van der Waals surface area contributed by atoms with Gasteiger partial charge in [-0.15, -0.1) is 11.8 Å². The van der Waals surface area contributed by atoms with Gasteiger partial charge in [0, 0.05) is 11.3 Å². The van der Waals surface area contributed by atoms with Crippen molar-refractivity contribution in [2.24, 2.45) is 0 Å². The zero-order valence-electron chi connectivity index (χ0n) is 8.70. The molecular formula is C9H19NO2S. The van der Waals surface area contributed by atoms with Crippen LogP contribution >= 0.6 is 11.8 Å². The van der Waals surface area contributed by atoms with Crippen LogP contribution in [0.3, 0.4) is 0 Å². The van der Waals surface area contributed by atoms with Crippen LogP contribution in [-0.2, 0) is 4.79 Å². The molecule has 0 spiro atoms. The maximum Gasteiger partial charge on any atom is 0.230 e. The average Bonchev–Trinajstić information content (AvgIpc) is 1.98. The Hall–Kier alpha value is -0.220. The van der Waals surface area contributed by atoms with E-state index in [-0.39, 0.29) is 23.3 Å². The van der Waals surface area contributed by atoms with Crippen LogP contribution in [-0.4, -0.2) is 34.2 Å². The zero-order valence-corrected chi connectivity index (χ0v) is 9.52. The maximum atomic E-state index is 11.2. The number of rotatable bonds is 5. The Bertz CT molecular complexity index is 160. The highest BCUT2D eigenvalue weighted by atomic mass is 32.2. The lowest BCUT2D eigenvalue weighted by Gasteiger charge is -2.14. The Labute approximate surface area is 84.3 Å². The number of carbonyl (C=O) groups is 1. The second-order valence-electron chi connectivity index (χ2n) is 3.48. The predicted octanol–water partition coefficient (Wildman–Crippen LogP) is 1.01. The molecule has 0 aliphatic rings. The molecule has 4 heteroatoms. The monoisotopic (exact) mass is 205 g/mol. The standard InChI is InChI=1S/C9H19NO2S/c1-6(2)10-9(12)5-13-8(4)7(3)11/h6-8,11H,5H2,1-4H3,(H,10,12). The van der Waals surface area contributed by atoms with Gasteiger partial charge in [-0.1, -0.05) is 6.92 Å². The molecule has 2 N–H and O–H groups in total. The molecule has 78 valence electrons. The molecule has 2 atom stereocenters. The number of hydrogen-bond acceptors (Lipinski definition) is 3. The SMILES string of the molecule is CC(C)NC(=O)CSC(C)C(C)O. The quantitative estimate of drug-likeness (QED) is 0.704. The number of carbonyl (C=O) groups excluding carboxylic acids is 1. The van der Waals surface area contributed by atoms with Crippen molar-refractivity contribution in [3.63, 3.8) is 0 Å². The highest BCUT2D eigenvalue weighted by Crippen LogP contribution is 2.13. The van der Waals surface area contributed by atoms with Crippen LogP contribution in [0.25, 0.3) is 0 Å². The Morgan fingerprint density at radius 2 is 1.92 bits per heavy atom. The maximum absolute atomic E-state index is 11.2. The molecule has 0 heterocycles. The fourth-order valence-electron chi connectivity index (χ4n) is 0.710. The lowest BCUT2D eigenvalue weighted by Crippen LogP contribution is -2.32. The molecule has 0 fully saturated rings. The Morgan fingerprint density at radius 3 is 2.31 bits per heavy atom. The summed E-state index contributed by atoms with van der Waals surface area (Å²) in [5.74, 6) is 0.456. The minimum atomic E-state index is -0.364. The molecule has 3 nitrogen and oxygen atoms in total. The molecule has 0 saturated heterocycles. The first-order chi connectivity index (χ1) is 5.93. The lowest BCUT2D eigenvalue weighted by atomic mass is 10.3. The first-order valence-electron chi connectivity index (χ1n) is 4.52. The van der Waals surface area contributed by atoms with Crippen molar-refractivity contribution < 1.29 is 9.90 Å². The van der Waals surface area contributed by atoms with Crippen molar-refractivity contribution in [3.05, 3.63) is 0 Å². The third kappa shape index (κ3) is 6.90. The summed E-state index contributed by atoms with van der Waals surface area (Å²) in [5, 5.41) is 12.1. The minimum absolute atomic E-state index is 0.0347. The number of aliphatic hydroxyl groups is 1. The van der Waals surface area contributed by atoms with E-state index in [4.69, 9.17) is 5.11 Å². The number of aliphatic hydroxyl groups excluding tert-OH is 1. The molecule has 0 radical (unpaired) electrons. The predicted molar refractivity (Wildman–Crippen MR) is 56.9 cm³/mol. The summed E-state index contributed by atoms with van der Waals surface area (Å²) in [6.07, 6.45) is -0.364. The van der Waals surface area contributed by atoms with Gasteiger partial charge in [-0.05, 0) is 20.8 Å². The molecule has 0 aromatic carbocycles. The van der Waals surface area contributed by atoms with Crippen molar-refractivity contribution in [2.75, 3.05) is 5.75 Å². The van der Waals surface area contributed by atoms with Crippen LogP contribution in [0.5, 0.6) is 0 Å². The van der Waals surface area contributed by atoms with E-state index in [0.717, 1.165) is 0 Å². The van der Waals surface area contributed by atoms with Gasteiger partial charge in [0.25, 0.3) is 0 Å². The van der Waals surface area contributed by atoms with Crippen LogP contribution in [0.4, 0.5) is 0 Å². The highest BCUT2D eigenvalue weighted by Gasteiger charge is 2.11. The molecule has 0 saturated carbocycles. The van der Waals surface area contributed by atoms with E-state index in [1.165, 1.54) is 11.8 Å². The van der Waals surface area contributed by atoms with Crippen LogP contribution < -0.4 is 5.32 Å². The van der Waals surface area contributed by atoms with Crippen LogP contribution in [0.15, 0.2) is 0 Å². The first kappa shape index (κ1) is 12.8. The zero-order chi connectivity index (χ0) is 10.4. The van der Waals surface area contributed by atoms with Gasteiger partial charge in [-0.3, -0.25) is 4.79 Å². The van der Waals surface area contributed by atoms with E-state index in [1.54, 1.807) is 6.92 Å². The average molecular weight is 205 g/mol. The van der Waals surface area contributed by atoms with E-state index >= 15 is 0 Å². The van der Waals surface area contributed by atoms with Gasteiger partial charge >= 0.3 is 0 Å². The van der Waals surface area contributed by atoms with E-state index in [2.05, 4.69) is 5.32 Å². The van der Waals surface area contributed by atoms with E-state index < -0.39 is 0 Å². The Balaban J connectivity index is 3.58. The number of nitrogens with one attached hydrogen (secondary N) is 1. The van der Waals surface area contributed by atoms with Crippen LogP contribution in [0.2, 0.25) is 0 Å². The van der Waals surface area contributed by atoms with Crippen LogP contribution in [0, 0.1) is 0 Å². The van der Waals surface area contributed by atoms with Crippen molar-refractivity contribution >= 4 is 17.7 Å². The summed E-state index contributed by atoms with van der Waals surface area (Å²) in [6.45, 7) is 7.51. The molecule has 0 aliphatic heterocycles. The Morgan fingerprint density at radius 1 is 1.38 bits per heavy atom. The minimum Gasteiger partial charge on any atom is -0.392 e. The van der Waals surface area contributed by atoms with E-state index in [9.17, 15) is 4.79 Å². The molecule has 2 unspecified atom stereocenters. The van der Waals surface area contributed by atoms with Gasteiger partial charge in [-0.2, -0.15) is 0 Å². The summed E-state index contributed by atoms with van der Waals surface area (Å²) in [4.78, 5) is 11.2. The van der Waals surface area contributed by atoms with E-state index in [0.29, 0.717) is 5.75 Å². The fourth-order valence-corrected chi connectivity index (χ4v) is 1.49. The van der Waals surface area contributed by atoms with Crippen molar-refractivity contribution in [1.82, 2.24) is 5.32 Å². The molecule has 0 aliphatic carbocycles. The lowest BCUT2D eigenvalue weighted by molar-refractivity contribution is -0.119. The van der Waals surface area contributed by atoms with Gasteiger partial charge < -0.3 is 10.4 Å². The van der Waals surface area contributed by atoms with Gasteiger partial charge in [0.05, 0.1) is 11.9 Å². The topological polar surface area (TPSA) is 49.3 Å². The Kier molecular flexibility index (Phi) is 6.16. The largest absolute Gasteiger partial charge is 0.392 e. The van der Waals surface area contributed by atoms with Gasteiger partial charge in [0.1, 0.15) is 0 Å². The first-order valence-corrected chi connectivity index (χ1v) is 5.57. The van der Waals surface area contributed by atoms with Crippen molar-refractivity contribution in [1.29, 1.82) is 0 Å². The summed E-state index contributed by atoms with van der Waals surface area (Å²) < 4.78 is 0. The normalized spacial score (nSPS) is 15.5. The van der Waals surface area contributed by atoms with Crippen molar-refractivity contribution in [3.8, 4) is 0 Å². The molecule has 13 heavy (non-hydrogen) atoms. The second-order valence-corrected chi connectivity index (χ2v) is 4.84. The summed E-state index contributed by atoms with van der Waals surface area (Å²) >= 11 is 1.47. The molecule has 0 aromatic rings. The van der Waals surface area contributed by atoms with Gasteiger partial charge in [-0.25, -0.2) is 0 Å². The number of hydrogen-bond donors (Lipinski definition) is 2. The summed E-state index contributed by atoms with van der Waals surface area (Å²) in [7, 11) is 0. The smallest absolute Gasteiger partial charge is 0.230 e. The second kappa shape index (κ2) is 6.27. The summed E-state index contributed by atoms with van der Waals surface area (Å²) in [6, 6.07) is 0.190. The van der Waals surface area contributed by atoms with Crippen LogP contribution in [0.1, 0.15) is 27.7 Å². The number of thioether (sulfide) groups is 1. The van der Waals surface area contributed by atoms with Gasteiger partial charge in [0.15, 0.2) is 0 Å². The highest BCUT2D eigenvalue weighted by molar-refractivity contribution is 8.00. The van der Waals surface area contributed by atoms with E-state index in [1.807, 2.05) is 20.8 Å². The van der Waals surface area contributed by atoms with Crippen molar-refractivity contribution in [2.45, 2.75) is 45.1 Å².